The summed E-state index contributed by atoms with van der Waals surface area (Å²) in [5.41, 5.74) is 2.15. The van der Waals surface area contributed by atoms with E-state index in [1.54, 1.807) is 36.1 Å². The quantitative estimate of drug-likeness (QED) is 0.874. The van der Waals surface area contributed by atoms with Crippen LogP contribution in [-0.4, -0.2) is 29.8 Å². The second-order valence-electron chi connectivity index (χ2n) is 7.41. The molecule has 0 spiro atoms. The van der Waals surface area contributed by atoms with E-state index in [0.717, 1.165) is 5.56 Å². The van der Waals surface area contributed by atoms with Gasteiger partial charge >= 0.3 is 0 Å². The highest BCUT2D eigenvalue weighted by Crippen LogP contribution is 2.31. The van der Waals surface area contributed by atoms with E-state index in [1.807, 2.05) is 0 Å². The summed E-state index contributed by atoms with van der Waals surface area (Å²) >= 11 is 0. The molecule has 3 rings (SSSR count). The number of aryl methyl sites for hydroxylation is 1. The molecule has 28 heavy (non-hydrogen) atoms. The van der Waals surface area contributed by atoms with Gasteiger partial charge in [-0.25, -0.2) is 8.78 Å². The van der Waals surface area contributed by atoms with Crippen LogP contribution in [0.2, 0.25) is 0 Å². The molecule has 0 aromatic heterocycles. The normalized spacial score (nSPS) is 19.4. The van der Waals surface area contributed by atoms with Crippen molar-refractivity contribution in [2.45, 2.75) is 32.7 Å². The second-order valence-corrected chi connectivity index (χ2v) is 7.41. The molecule has 1 saturated heterocycles. The molecule has 148 valence electrons. The molecular formula is C22H24F2N2O2. The van der Waals surface area contributed by atoms with Gasteiger partial charge in [0, 0.05) is 32.5 Å². The number of likely N-dealkylation sites (tertiary alicyclic amines) is 1. The standard InChI is InChI=1S/C22H24F2N2O2/c1-14-8-17(6-7-21(14)24)18-10-19(13-26(12-18)15(2)27)22(28)25-11-16-4-3-5-20(23)9-16/h3-9,18-19H,10-13H2,1-2H3,(H,25,28)/t18-,19+/m1/s1. The van der Waals surface area contributed by atoms with Crippen LogP contribution >= 0.6 is 0 Å². The minimum atomic E-state index is -0.374. The zero-order valence-electron chi connectivity index (χ0n) is 16.0. The van der Waals surface area contributed by atoms with Crippen LogP contribution in [0.3, 0.4) is 0 Å². The maximum absolute atomic E-state index is 13.6. The summed E-state index contributed by atoms with van der Waals surface area (Å²) in [4.78, 5) is 26.4. The number of halogens is 2. The van der Waals surface area contributed by atoms with Crippen LogP contribution in [0, 0.1) is 24.5 Å². The molecule has 2 amide bonds. The van der Waals surface area contributed by atoms with Crippen LogP contribution in [0.1, 0.15) is 36.0 Å². The van der Waals surface area contributed by atoms with Gasteiger partial charge in [0.15, 0.2) is 0 Å². The highest BCUT2D eigenvalue weighted by Gasteiger charge is 2.33. The van der Waals surface area contributed by atoms with Crippen molar-refractivity contribution < 1.29 is 18.4 Å². The maximum atomic E-state index is 13.6. The number of hydrogen-bond donors (Lipinski definition) is 1. The van der Waals surface area contributed by atoms with Crippen LogP contribution in [0.5, 0.6) is 0 Å². The Morgan fingerprint density at radius 2 is 1.93 bits per heavy atom. The highest BCUT2D eigenvalue weighted by atomic mass is 19.1. The van der Waals surface area contributed by atoms with Gasteiger partial charge in [-0.15, -0.1) is 0 Å². The average molecular weight is 386 g/mol. The van der Waals surface area contributed by atoms with Gasteiger partial charge in [0.05, 0.1) is 5.92 Å². The number of piperidine rings is 1. The molecule has 0 unspecified atom stereocenters. The smallest absolute Gasteiger partial charge is 0.225 e. The van der Waals surface area contributed by atoms with Gasteiger partial charge in [-0.3, -0.25) is 9.59 Å². The first kappa shape index (κ1) is 20.0. The van der Waals surface area contributed by atoms with Crippen LogP contribution in [0.4, 0.5) is 8.78 Å². The van der Waals surface area contributed by atoms with E-state index in [2.05, 4.69) is 5.32 Å². The van der Waals surface area contributed by atoms with E-state index in [0.29, 0.717) is 30.6 Å². The molecule has 4 nitrogen and oxygen atoms in total. The number of benzene rings is 2. The highest BCUT2D eigenvalue weighted by molar-refractivity contribution is 5.81. The van der Waals surface area contributed by atoms with E-state index in [9.17, 15) is 18.4 Å². The summed E-state index contributed by atoms with van der Waals surface area (Å²) in [6.07, 6.45) is 0.573. The molecule has 0 bridgehead atoms. The third-order valence-electron chi connectivity index (χ3n) is 5.28. The van der Waals surface area contributed by atoms with Gasteiger partial charge in [-0.05, 0) is 48.2 Å². The molecule has 2 aromatic carbocycles. The molecule has 2 atom stereocenters. The summed E-state index contributed by atoms with van der Waals surface area (Å²) in [7, 11) is 0. The monoisotopic (exact) mass is 386 g/mol. The molecule has 1 heterocycles. The lowest BCUT2D eigenvalue weighted by Gasteiger charge is -2.37. The Morgan fingerprint density at radius 1 is 1.14 bits per heavy atom. The van der Waals surface area contributed by atoms with Crippen molar-refractivity contribution in [3.8, 4) is 0 Å². The van der Waals surface area contributed by atoms with Crippen LogP contribution in [-0.2, 0) is 16.1 Å². The predicted molar refractivity (Wildman–Crippen MR) is 102 cm³/mol. The first-order valence-electron chi connectivity index (χ1n) is 9.37. The summed E-state index contributed by atoms with van der Waals surface area (Å²) in [6, 6.07) is 11.0. The van der Waals surface area contributed by atoms with Crippen molar-refractivity contribution in [1.82, 2.24) is 10.2 Å². The average Bonchev–Trinajstić information content (AvgIpc) is 2.68. The first-order chi connectivity index (χ1) is 13.3. The van der Waals surface area contributed by atoms with Crippen molar-refractivity contribution in [2.24, 2.45) is 5.92 Å². The Kier molecular flexibility index (Phi) is 6.07. The molecule has 1 aliphatic heterocycles. The summed E-state index contributed by atoms with van der Waals surface area (Å²) < 4.78 is 26.9. The molecule has 1 N–H and O–H groups in total. The van der Waals surface area contributed by atoms with Gasteiger partial charge < -0.3 is 10.2 Å². The minimum absolute atomic E-state index is 0.0399. The van der Waals surface area contributed by atoms with Crippen molar-refractivity contribution in [2.75, 3.05) is 13.1 Å². The number of hydrogen-bond acceptors (Lipinski definition) is 2. The first-order valence-corrected chi connectivity index (χ1v) is 9.37. The molecule has 0 aliphatic carbocycles. The van der Waals surface area contributed by atoms with Gasteiger partial charge in [0.25, 0.3) is 0 Å². The predicted octanol–water partition coefficient (Wildman–Crippen LogP) is 3.54. The lowest BCUT2D eigenvalue weighted by atomic mass is 9.83. The van der Waals surface area contributed by atoms with Gasteiger partial charge in [-0.1, -0.05) is 24.3 Å². The molecular weight excluding hydrogens is 362 g/mol. The molecule has 0 radical (unpaired) electrons. The molecule has 6 heteroatoms. The Balaban J connectivity index is 1.72. The molecule has 1 fully saturated rings. The number of carbonyl (C=O) groups excluding carboxylic acids is 2. The minimum Gasteiger partial charge on any atom is -0.352 e. The summed E-state index contributed by atoms with van der Waals surface area (Å²) in [6.45, 7) is 4.27. The third-order valence-corrected chi connectivity index (χ3v) is 5.28. The van der Waals surface area contributed by atoms with Crippen LogP contribution < -0.4 is 5.32 Å². The molecule has 1 aliphatic rings. The molecule has 2 aromatic rings. The molecule has 0 saturated carbocycles. The van der Waals surface area contributed by atoms with E-state index >= 15 is 0 Å². The fourth-order valence-electron chi connectivity index (χ4n) is 3.69. The zero-order valence-corrected chi connectivity index (χ0v) is 16.0. The van der Waals surface area contributed by atoms with E-state index < -0.39 is 0 Å². The topological polar surface area (TPSA) is 49.4 Å². The van der Waals surface area contributed by atoms with E-state index in [1.165, 1.54) is 25.1 Å². The van der Waals surface area contributed by atoms with Crippen molar-refractivity contribution >= 4 is 11.8 Å². The van der Waals surface area contributed by atoms with Crippen molar-refractivity contribution in [3.05, 3.63) is 70.8 Å². The van der Waals surface area contributed by atoms with Crippen LogP contribution in [0.15, 0.2) is 42.5 Å². The Hall–Kier alpha value is -2.76. The largest absolute Gasteiger partial charge is 0.352 e. The number of nitrogens with one attached hydrogen (secondary N) is 1. The van der Waals surface area contributed by atoms with E-state index in [4.69, 9.17) is 0 Å². The lowest BCUT2D eigenvalue weighted by Crippen LogP contribution is -2.47. The van der Waals surface area contributed by atoms with Gasteiger partial charge in [0.2, 0.25) is 11.8 Å². The maximum Gasteiger partial charge on any atom is 0.225 e. The van der Waals surface area contributed by atoms with Crippen molar-refractivity contribution in [3.63, 3.8) is 0 Å². The fourth-order valence-corrected chi connectivity index (χ4v) is 3.69. The van der Waals surface area contributed by atoms with E-state index in [-0.39, 0.29) is 41.8 Å². The number of rotatable bonds is 4. The van der Waals surface area contributed by atoms with Crippen LogP contribution in [0.25, 0.3) is 0 Å². The van der Waals surface area contributed by atoms with Gasteiger partial charge in [-0.2, -0.15) is 0 Å². The number of nitrogens with zero attached hydrogens (tertiary/aromatic N) is 1. The summed E-state index contributed by atoms with van der Waals surface area (Å²) in [5.74, 6) is -1.29. The fraction of sp³-hybridized carbons (Fsp3) is 0.364. The Morgan fingerprint density at radius 3 is 2.61 bits per heavy atom. The SMILES string of the molecule is CC(=O)N1C[C@@H](C(=O)NCc2cccc(F)c2)C[C@@H](c2ccc(F)c(C)c2)C1. The van der Waals surface area contributed by atoms with Crippen molar-refractivity contribution in [1.29, 1.82) is 0 Å². The summed E-state index contributed by atoms with van der Waals surface area (Å²) in [5, 5.41) is 2.84. The Bertz CT molecular complexity index is 885. The van der Waals surface area contributed by atoms with Gasteiger partial charge in [0.1, 0.15) is 11.6 Å². The zero-order chi connectivity index (χ0) is 20.3. The lowest BCUT2D eigenvalue weighted by molar-refractivity contribution is -0.134. The third kappa shape index (κ3) is 4.74. The second kappa shape index (κ2) is 8.50. The number of carbonyl (C=O) groups is 2. The number of amides is 2. The Labute approximate surface area is 163 Å².